The Morgan fingerprint density at radius 3 is 2.78 bits per heavy atom. The molecule has 2 aliphatic heterocycles. The summed E-state index contributed by atoms with van der Waals surface area (Å²) in [5.41, 5.74) is 1.42. The molecule has 0 spiro atoms. The van der Waals surface area contributed by atoms with Crippen LogP contribution < -0.4 is 20.4 Å². The third kappa shape index (κ3) is 3.02. The lowest BCUT2D eigenvalue weighted by molar-refractivity contribution is 0.143. The Hall–Kier alpha value is -2.32. The molecule has 2 atom stereocenters. The number of carboxylic acid groups (broad SMARTS) is 1. The molecular formula is C18H21ClFN3O4. The predicted molar refractivity (Wildman–Crippen MR) is 102 cm³/mol. The summed E-state index contributed by atoms with van der Waals surface area (Å²) in [4.78, 5) is 25.5. The Kier molecular flexibility index (Phi) is 5.05. The fourth-order valence-electron chi connectivity index (χ4n) is 4.12. The van der Waals surface area contributed by atoms with E-state index >= 15 is 4.39 Å². The van der Waals surface area contributed by atoms with E-state index in [1.165, 1.54) is 12.3 Å². The van der Waals surface area contributed by atoms with Crippen LogP contribution in [0.1, 0.15) is 25.5 Å². The lowest BCUT2D eigenvalue weighted by Gasteiger charge is -2.37. The first-order chi connectivity index (χ1) is 12.4. The molecule has 2 N–H and O–H groups in total. The van der Waals surface area contributed by atoms with Gasteiger partial charge in [0.1, 0.15) is 5.82 Å². The molecule has 1 fully saturated rings. The lowest BCUT2D eigenvalue weighted by atomic mass is 10.0. The van der Waals surface area contributed by atoms with Crippen LogP contribution in [-0.4, -0.2) is 41.5 Å². The molecule has 146 valence electrons. The first kappa shape index (κ1) is 19.4. The molecule has 2 unspecified atom stereocenters. The van der Waals surface area contributed by atoms with Crippen LogP contribution in [0.2, 0.25) is 0 Å². The van der Waals surface area contributed by atoms with Gasteiger partial charge in [0, 0.05) is 37.3 Å². The van der Waals surface area contributed by atoms with E-state index in [9.17, 15) is 9.59 Å². The van der Waals surface area contributed by atoms with Crippen molar-refractivity contribution in [3.8, 4) is 5.75 Å². The van der Waals surface area contributed by atoms with Crippen LogP contribution in [0.5, 0.6) is 5.75 Å². The summed E-state index contributed by atoms with van der Waals surface area (Å²) >= 11 is 0. The molecule has 1 aromatic heterocycles. The number of aromatic nitrogens is 1. The van der Waals surface area contributed by atoms with Gasteiger partial charge < -0.3 is 24.6 Å². The fourth-order valence-corrected chi connectivity index (χ4v) is 4.12. The first-order valence-electron chi connectivity index (χ1n) is 8.67. The van der Waals surface area contributed by atoms with E-state index in [1.54, 1.807) is 0 Å². The quantitative estimate of drug-likeness (QED) is 0.758. The zero-order valence-electron chi connectivity index (χ0n) is 15.0. The third-order valence-corrected chi connectivity index (χ3v) is 5.27. The summed E-state index contributed by atoms with van der Waals surface area (Å²) < 4.78 is 21.5. The number of pyridine rings is 1. The highest BCUT2D eigenvalue weighted by atomic mass is 35.5. The summed E-state index contributed by atoms with van der Waals surface area (Å²) in [7, 11) is 0. The van der Waals surface area contributed by atoms with Crippen molar-refractivity contribution in [2.24, 2.45) is 0 Å². The van der Waals surface area contributed by atoms with Crippen molar-refractivity contribution < 1.29 is 19.0 Å². The molecule has 0 bridgehead atoms. The normalized spacial score (nSPS) is 21.2. The minimum Gasteiger partial charge on any atom is -0.449 e. The second-order valence-corrected chi connectivity index (χ2v) is 6.98. The van der Waals surface area contributed by atoms with Crippen molar-refractivity contribution in [2.45, 2.75) is 32.4 Å². The maximum absolute atomic E-state index is 15.1. The number of nitrogens with one attached hydrogen (secondary N) is 1. The average Bonchev–Trinajstić information content (AvgIpc) is 2.89. The van der Waals surface area contributed by atoms with Crippen molar-refractivity contribution in [3.63, 3.8) is 0 Å². The highest BCUT2D eigenvalue weighted by Gasteiger charge is 2.32. The third-order valence-electron chi connectivity index (χ3n) is 5.27. The summed E-state index contributed by atoms with van der Waals surface area (Å²) in [6.45, 7) is 6.23. The van der Waals surface area contributed by atoms with E-state index in [0.717, 1.165) is 18.7 Å². The molecule has 9 heteroatoms. The Bertz CT molecular complexity index is 977. The highest BCUT2D eigenvalue weighted by molar-refractivity contribution is 5.90. The molecule has 0 saturated carbocycles. The number of hydrogen-bond acceptors (Lipinski definition) is 5. The van der Waals surface area contributed by atoms with Crippen LogP contribution in [0.15, 0.2) is 17.1 Å². The molecule has 1 saturated heterocycles. The Labute approximate surface area is 161 Å². The second kappa shape index (κ2) is 7.01. The van der Waals surface area contributed by atoms with Crippen molar-refractivity contribution in [1.29, 1.82) is 0 Å². The Balaban J connectivity index is 0.00000210. The zero-order chi connectivity index (χ0) is 18.6. The van der Waals surface area contributed by atoms with E-state index in [0.29, 0.717) is 24.2 Å². The zero-order valence-corrected chi connectivity index (χ0v) is 15.8. The molecule has 2 aromatic rings. The van der Waals surface area contributed by atoms with Crippen molar-refractivity contribution in [1.82, 2.24) is 9.88 Å². The predicted octanol–water partition coefficient (Wildman–Crippen LogP) is 2.53. The monoisotopic (exact) mass is 397 g/mol. The van der Waals surface area contributed by atoms with Gasteiger partial charge in [0.25, 0.3) is 0 Å². The number of rotatable bonds is 2. The van der Waals surface area contributed by atoms with Crippen LogP contribution in [0.25, 0.3) is 10.9 Å². The molecule has 27 heavy (non-hydrogen) atoms. The van der Waals surface area contributed by atoms with Gasteiger partial charge in [-0.2, -0.15) is 0 Å². The van der Waals surface area contributed by atoms with Gasteiger partial charge in [0.05, 0.1) is 22.8 Å². The van der Waals surface area contributed by atoms with Gasteiger partial charge in [-0.3, -0.25) is 4.79 Å². The minimum atomic E-state index is -1.56. The fraction of sp³-hybridized carbons (Fsp3) is 0.444. The lowest BCUT2D eigenvalue weighted by Crippen LogP contribution is -2.50. The van der Waals surface area contributed by atoms with Gasteiger partial charge in [-0.05, 0) is 26.3 Å². The summed E-state index contributed by atoms with van der Waals surface area (Å²) in [5, 5.41) is 12.3. The van der Waals surface area contributed by atoms with Crippen molar-refractivity contribution in [3.05, 3.63) is 33.9 Å². The topological polar surface area (TPSA) is 83.8 Å². The number of halogens is 2. The van der Waals surface area contributed by atoms with Gasteiger partial charge in [-0.25, -0.2) is 9.18 Å². The van der Waals surface area contributed by atoms with Gasteiger partial charge in [0.15, 0.2) is 5.75 Å². The number of nitrogens with zero attached hydrogens (tertiary/aromatic N) is 2. The SMILES string of the molecule is CC1CNCCN1c1c(F)cc2c(=O)c(OC(=O)O)cn3c2c1CC3C.Cl. The van der Waals surface area contributed by atoms with Crippen LogP contribution in [0, 0.1) is 5.82 Å². The molecule has 7 nitrogen and oxygen atoms in total. The standard InChI is InChI=1S/C18H20FN3O4.ClH/c1-9-5-11-15-12(17(23)14(8-22(9)15)26-18(24)25)6-13(19)16(11)21-4-3-20-7-10(21)2;/h6,8-10,20H,3-5,7H2,1-2H3,(H,24,25);1H. The molecule has 0 amide bonds. The number of piperazine rings is 1. The summed E-state index contributed by atoms with van der Waals surface area (Å²) in [6, 6.07) is 1.33. The number of carbonyl (C=O) groups is 1. The number of ether oxygens (including phenoxy) is 1. The number of benzene rings is 1. The average molecular weight is 398 g/mol. The highest BCUT2D eigenvalue weighted by Crippen LogP contribution is 2.40. The van der Waals surface area contributed by atoms with Crippen LogP contribution in [-0.2, 0) is 6.42 Å². The summed E-state index contributed by atoms with van der Waals surface area (Å²) in [5.74, 6) is -0.751. The van der Waals surface area contributed by atoms with Crippen molar-refractivity contribution >= 4 is 35.2 Å². The van der Waals surface area contributed by atoms with E-state index < -0.39 is 17.4 Å². The number of hydrogen-bond donors (Lipinski definition) is 2. The van der Waals surface area contributed by atoms with Gasteiger partial charge in [-0.15, -0.1) is 12.4 Å². The smallest absolute Gasteiger partial charge is 0.449 e. The molecule has 3 heterocycles. The Morgan fingerprint density at radius 2 is 2.11 bits per heavy atom. The molecule has 0 aliphatic carbocycles. The first-order valence-corrected chi connectivity index (χ1v) is 8.67. The minimum absolute atomic E-state index is 0. The van der Waals surface area contributed by atoms with E-state index in [4.69, 9.17) is 5.11 Å². The maximum Gasteiger partial charge on any atom is 0.511 e. The molecule has 4 rings (SSSR count). The van der Waals surface area contributed by atoms with Gasteiger partial charge in [0.2, 0.25) is 5.43 Å². The maximum atomic E-state index is 15.1. The van der Waals surface area contributed by atoms with Crippen LogP contribution in [0.3, 0.4) is 0 Å². The van der Waals surface area contributed by atoms with Gasteiger partial charge >= 0.3 is 6.16 Å². The second-order valence-electron chi connectivity index (χ2n) is 6.98. The number of anilines is 1. The van der Waals surface area contributed by atoms with Crippen LogP contribution in [0.4, 0.5) is 14.9 Å². The van der Waals surface area contributed by atoms with E-state index in [1.807, 2.05) is 18.4 Å². The van der Waals surface area contributed by atoms with E-state index in [-0.39, 0.29) is 35.6 Å². The van der Waals surface area contributed by atoms with Crippen LogP contribution >= 0.6 is 12.4 Å². The molecule has 0 radical (unpaired) electrons. The molecule has 1 aromatic carbocycles. The van der Waals surface area contributed by atoms with Crippen molar-refractivity contribution in [2.75, 3.05) is 24.5 Å². The Morgan fingerprint density at radius 1 is 1.37 bits per heavy atom. The molecular weight excluding hydrogens is 377 g/mol. The summed E-state index contributed by atoms with van der Waals surface area (Å²) in [6.07, 6.45) is 0.436. The van der Waals surface area contributed by atoms with E-state index in [2.05, 4.69) is 15.0 Å². The van der Waals surface area contributed by atoms with Gasteiger partial charge in [-0.1, -0.05) is 0 Å². The molecule has 2 aliphatic rings. The largest absolute Gasteiger partial charge is 0.511 e.